The third-order valence-corrected chi connectivity index (χ3v) is 9.49. The van der Waals surface area contributed by atoms with E-state index in [1.807, 2.05) is 6.07 Å². The van der Waals surface area contributed by atoms with Crippen molar-refractivity contribution in [3.8, 4) is 5.75 Å². The van der Waals surface area contributed by atoms with Crippen LogP contribution in [0, 0.1) is 29.6 Å². The standard InChI is InChI=1S/C23H35NO3S/c1-14-11-15-13-18-22(4)10-8-19(24-28(6,26)27)21(2,3)17(22)7-9-23(18,5)20(15)16(25)12-14/h11-12,17-19,24-25H,7-10,13H2,1-6H3. The molecule has 28 heavy (non-hydrogen) atoms. The maximum Gasteiger partial charge on any atom is 0.208 e. The topological polar surface area (TPSA) is 66.4 Å². The van der Waals surface area contributed by atoms with Crippen LogP contribution in [0.1, 0.15) is 70.1 Å². The number of rotatable bonds is 2. The van der Waals surface area contributed by atoms with Crippen molar-refractivity contribution in [2.45, 2.75) is 78.2 Å². The number of sulfonamides is 1. The maximum atomic E-state index is 11.9. The first-order valence-electron chi connectivity index (χ1n) is 10.6. The predicted octanol–water partition coefficient (Wildman–Crippen LogP) is 4.28. The number of nitrogens with one attached hydrogen (secondary N) is 1. The van der Waals surface area contributed by atoms with E-state index in [0.717, 1.165) is 37.7 Å². The van der Waals surface area contributed by atoms with E-state index in [1.54, 1.807) is 0 Å². The SMILES string of the molecule is Cc1cc(O)c2c(c1)CC1C2(C)CCC2C(C)(C)C(NS(C)(=O)=O)CCC12C. The molecular formula is C23H35NO3S. The number of hydrogen-bond acceptors (Lipinski definition) is 3. The lowest BCUT2D eigenvalue weighted by molar-refractivity contribution is -0.109. The monoisotopic (exact) mass is 405 g/mol. The summed E-state index contributed by atoms with van der Waals surface area (Å²) in [7, 11) is -3.22. The molecule has 2 fully saturated rings. The molecule has 5 unspecified atom stereocenters. The summed E-state index contributed by atoms with van der Waals surface area (Å²) in [6.45, 7) is 11.4. The summed E-state index contributed by atoms with van der Waals surface area (Å²) in [5.74, 6) is 1.41. The highest BCUT2D eigenvalue weighted by Gasteiger charge is 2.63. The first-order chi connectivity index (χ1) is 12.8. The molecule has 0 saturated heterocycles. The highest BCUT2D eigenvalue weighted by atomic mass is 32.2. The molecule has 1 aromatic carbocycles. The molecule has 0 aromatic heterocycles. The van der Waals surface area contributed by atoms with Gasteiger partial charge in [0, 0.05) is 17.0 Å². The highest BCUT2D eigenvalue weighted by molar-refractivity contribution is 7.88. The molecule has 5 atom stereocenters. The van der Waals surface area contributed by atoms with E-state index < -0.39 is 10.0 Å². The summed E-state index contributed by atoms with van der Waals surface area (Å²) < 4.78 is 26.8. The van der Waals surface area contributed by atoms with Crippen molar-refractivity contribution in [2.24, 2.45) is 22.7 Å². The Morgan fingerprint density at radius 3 is 2.39 bits per heavy atom. The Bertz CT molecular complexity index is 922. The van der Waals surface area contributed by atoms with Gasteiger partial charge >= 0.3 is 0 Å². The second-order valence-corrected chi connectivity index (χ2v) is 12.7. The molecule has 0 bridgehead atoms. The number of aryl methyl sites for hydroxylation is 1. The van der Waals surface area contributed by atoms with Crippen molar-refractivity contribution >= 4 is 10.0 Å². The lowest BCUT2D eigenvalue weighted by atomic mass is 9.43. The van der Waals surface area contributed by atoms with E-state index in [0.29, 0.717) is 17.6 Å². The number of phenols is 1. The molecule has 0 spiro atoms. The number of hydrogen-bond donors (Lipinski definition) is 2. The summed E-state index contributed by atoms with van der Waals surface area (Å²) >= 11 is 0. The van der Waals surface area contributed by atoms with Gasteiger partial charge in [-0.15, -0.1) is 0 Å². The normalized spacial score (nSPS) is 39.1. The van der Waals surface area contributed by atoms with Crippen molar-refractivity contribution < 1.29 is 13.5 Å². The van der Waals surface area contributed by atoms with Gasteiger partial charge in [0.05, 0.1) is 6.26 Å². The van der Waals surface area contributed by atoms with Crippen LogP contribution in [0.15, 0.2) is 12.1 Å². The van der Waals surface area contributed by atoms with Gasteiger partial charge in [-0.05, 0) is 78.9 Å². The molecule has 3 aliphatic carbocycles. The van der Waals surface area contributed by atoms with E-state index in [9.17, 15) is 13.5 Å². The molecule has 0 radical (unpaired) electrons. The first kappa shape index (κ1) is 20.2. The molecule has 2 N–H and O–H groups in total. The van der Waals surface area contributed by atoms with Gasteiger partial charge in [0.2, 0.25) is 10.0 Å². The first-order valence-corrected chi connectivity index (χ1v) is 12.5. The van der Waals surface area contributed by atoms with Gasteiger partial charge in [-0.25, -0.2) is 13.1 Å². The molecule has 0 amide bonds. The number of fused-ring (bicyclic) bond motifs is 5. The molecule has 4 nitrogen and oxygen atoms in total. The summed E-state index contributed by atoms with van der Waals surface area (Å²) in [6, 6.07) is 4.17. The fourth-order valence-corrected chi connectivity index (χ4v) is 8.61. The quantitative estimate of drug-likeness (QED) is 0.771. The van der Waals surface area contributed by atoms with Crippen molar-refractivity contribution in [1.29, 1.82) is 0 Å². The Hall–Kier alpha value is -1.07. The Kier molecular flexibility index (Phi) is 4.31. The van der Waals surface area contributed by atoms with Gasteiger partial charge in [-0.3, -0.25) is 0 Å². The Balaban J connectivity index is 1.74. The van der Waals surface area contributed by atoms with Crippen LogP contribution >= 0.6 is 0 Å². The number of benzene rings is 1. The van der Waals surface area contributed by atoms with Gasteiger partial charge in [-0.1, -0.05) is 33.8 Å². The summed E-state index contributed by atoms with van der Waals surface area (Å²) in [4.78, 5) is 0. The zero-order valence-corrected chi connectivity index (χ0v) is 18.9. The van der Waals surface area contributed by atoms with Gasteiger partial charge in [0.15, 0.2) is 0 Å². The van der Waals surface area contributed by atoms with Crippen LogP contribution in [0.5, 0.6) is 5.75 Å². The van der Waals surface area contributed by atoms with E-state index >= 15 is 0 Å². The van der Waals surface area contributed by atoms with Crippen LogP contribution in [0.25, 0.3) is 0 Å². The lowest BCUT2D eigenvalue weighted by Gasteiger charge is -2.63. The molecule has 156 valence electrons. The second kappa shape index (κ2) is 5.98. The number of phenolic OH excluding ortho intramolecular Hbond substituents is 1. The highest BCUT2D eigenvalue weighted by Crippen LogP contribution is 2.68. The van der Waals surface area contributed by atoms with Crippen LogP contribution in [0.4, 0.5) is 0 Å². The van der Waals surface area contributed by atoms with Crippen LogP contribution < -0.4 is 4.72 Å². The third-order valence-electron chi connectivity index (χ3n) is 8.78. The maximum absolute atomic E-state index is 11.9. The molecule has 3 aliphatic rings. The van der Waals surface area contributed by atoms with E-state index in [4.69, 9.17) is 0 Å². The average molecular weight is 406 g/mol. The minimum absolute atomic E-state index is 0.00550. The van der Waals surface area contributed by atoms with Crippen molar-refractivity contribution in [3.63, 3.8) is 0 Å². The van der Waals surface area contributed by atoms with Crippen LogP contribution in [0.3, 0.4) is 0 Å². The average Bonchev–Trinajstić information content (AvgIpc) is 2.83. The second-order valence-electron chi connectivity index (χ2n) is 10.9. The minimum atomic E-state index is -3.22. The zero-order valence-electron chi connectivity index (χ0n) is 18.1. The number of aromatic hydroxyl groups is 1. The predicted molar refractivity (Wildman–Crippen MR) is 113 cm³/mol. The Morgan fingerprint density at radius 1 is 1.07 bits per heavy atom. The molecule has 0 heterocycles. The van der Waals surface area contributed by atoms with Gasteiger partial charge in [0.1, 0.15) is 5.75 Å². The van der Waals surface area contributed by atoms with Crippen molar-refractivity contribution in [1.82, 2.24) is 4.72 Å². The third kappa shape index (κ3) is 2.76. The molecular weight excluding hydrogens is 370 g/mol. The molecule has 1 aromatic rings. The minimum Gasteiger partial charge on any atom is -0.508 e. The fourth-order valence-electron chi connectivity index (χ4n) is 7.67. The lowest BCUT2D eigenvalue weighted by Crippen LogP contribution is -2.61. The molecule has 5 heteroatoms. The Labute approximate surface area is 170 Å². The van der Waals surface area contributed by atoms with E-state index in [2.05, 4.69) is 45.4 Å². The summed E-state index contributed by atoms with van der Waals surface area (Å²) in [5, 5.41) is 10.8. The van der Waals surface area contributed by atoms with Gasteiger partial charge < -0.3 is 5.11 Å². The van der Waals surface area contributed by atoms with E-state index in [-0.39, 0.29) is 22.3 Å². The summed E-state index contributed by atoms with van der Waals surface area (Å²) in [5.41, 5.74) is 3.68. The molecule has 2 saturated carbocycles. The van der Waals surface area contributed by atoms with Gasteiger partial charge in [-0.2, -0.15) is 0 Å². The smallest absolute Gasteiger partial charge is 0.208 e. The Morgan fingerprint density at radius 2 is 1.75 bits per heavy atom. The van der Waals surface area contributed by atoms with Crippen LogP contribution in [-0.2, 0) is 21.9 Å². The molecule has 0 aliphatic heterocycles. The van der Waals surface area contributed by atoms with Crippen LogP contribution in [-0.4, -0.2) is 25.8 Å². The van der Waals surface area contributed by atoms with Gasteiger partial charge in [0.25, 0.3) is 0 Å². The molecule has 4 rings (SSSR count). The largest absolute Gasteiger partial charge is 0.508 e. The van der Waals surface area contributed by atoms with Crippen LogP contribution in [0.2, 0.25) is 0 Å². The van der Waals surface area contributed by atoms with Crippen molar-refractivity contribution in [2.75, 3.05) is 6.26 Å². The fraction of sp³-hybridized carbons (Fsp3) is 0.739. The summed E-state index contributed by atoms with van der Waals surface area (Å²) in [6.07, 6.45) is 6.33. The zero-order chi connectivity index (χ0) is 20.7. The van der Waals surface area contributed by atoms with E-state index in [1.165, 1.54) is 17.4 Å². The van der Waals surface area contributed by atoms with Crippen molar-refractivity contribution in [3.05, 3.63) is 28.8 Å².